The summed E-state index contributed by atoms with van der Waals surface area (Å²) < 4.78 is 0. The van der Waals surface area contributed by atoms with Crippen LogP contribution in [0.1, 0.15) is 87.3 Å². The van der Waals surface area contributed by atoms with Crippen molar-refractivity contribution in [2.75, 3.05) is 0 Å². The van der Waals surface area contributed by atoms with Gasteiger partial charge in [-0.3, -0.25) is 4.79 Å². The molecule has 4 saturated carbocycles. The largest absolute Gasteiger partial charge is 0.481 e. The summed E-state index contributed by atoms with van der Waals surface area (Å²) in [5.74, 6) is 1.44. The highest BCUT2D eigenvalue weighted by Crippen LogP contribution is 2.81. The number of aryl methyl sites for hydroxylation is 1. The van der Waals surface area contributed by atoms with E-state index in [0.29, 0.717) is 17.3 Å². The van der Waals surface area contributed by atoms with Gasteiger partial charge in [0.05, 0.1) is 11.5 Å². The molecule has 150 valence electrons. The Kier molecular flexibility index (Phi) is 3.38. The number of fused-ring (bicyclic) bond motifs is 3. The fourth-order valence-corrected chi connectivity index (χ4v) is 8.70. The van der Waals surface area contributed by atoms with Gasteiger partial charge in [-0.1, -0.05) is 38.0 Å². The molecule has 6 rings (SSSR count). The summed E-state index contributed by atoms with van der Waals surface area (Å²) in [5, 5.41) is 20.7. The normalized spacial score (nSPS) is 44.9. The van der Waals surface area contributed by atoms with E-state index < -0.39 is 11.4 Å². The summed E-state index contributed by atoms with van der Waals surface area (Å²) in [5.41, 5.74) is 3.85. The van der Waals surface area contributed by atoms with Crippen LogP contribution in [0.3, 0.4) is 0 Å². The number of aliphatic hydroxyl groups is 1. The molecule has 5 aliphatic rings. The average Bonchev–Trinajstić information content (AvgIpc) is 3.09. The number of carbonyl (C=O) groups is 1. The first-order chi connectivity index (χ1) is 13.4. The van der Waals surface area contributed by atoms with E-state index in [4.69, 9.17) is 0 Å². The molecule has 0 aromatic heterocycles. The van der Waals surface area contributed by atoms with Gasteiger partial charge in [0.15, 0.2) is 0 Å². The first-order valence-corrected chi connectivity index (χ1v) is 11.5. The topological polar surface area (TPSA) is 57.5 Å². The van der Waals surface area contributed by atoms with Crippen molar-refractivity contribution in [2.24, 2.45) is 22.7 Å². The second kappa shape index (κ2) is 5.41. The summed E-state index contributed by atoms with van der Waals surface area (Å²) in [7, 11) is 0. The van der Waals surface area contributed by atoms with E-state index in [2.05, 4.69) is 25.1 Å². The molecule has 0 heterocycles. The van der Waals surface area contributed by atoms with Gasteiger partial charge in [0.25, 0.3) is 0 Å². The highest BCUT2D eigenvalue weighted by molar-refractivity contribution is 5.82. The third-order valence-corrected chi connectivity index (χ3v) is 10.3. The van der Waals surface area contributed by atoms with Crippen LogP contribution >= 0.6 is 0 Å². The second-order valence-electron chi connectivity index (χ2n) is 10.9. The summed E-state index contributed by atoms with van der Waals surface area (Å²) in [6.07, 6.45) is 10.5. The summed E-state index contributed by atoms with van der Waals surface area (Å²) in [4.78, 5) is 12.1. The molecule has 28 heavy (non-hydrogen) atoms. The van der Waals surface area contributed by atoms with Crippen molar-refractivity contribution in [1.82, 2.24) is 0 Å². The number of rotatable bonds is 2. The van der Waals surface area contributed by atoms with Gasteiger partial charge in [0, 0.05) is 0 Å². The van der Waals surface area contributed by atoms with Gasteiger partial charge in [-0.05, 0) is 96.6 Å². The van der Waals surface area contributed by atoms with E-state index in [1.165, 1.54) is 30.4 Å². The molecular formula is C25H32O3. The van der Waals surface area contributed by atoms with Crippen molar-refractivity contribution in [2.45, 2.75) is 88.6 Å². The molecule has 3 nitrogen and oxygen atoms in total. The third kappa shape index (κ3) is 1.88. The average molecular weight is 381 g/mol. The standard InChI is InChI=1S/C25H32O3/c1-23-11-8-19-18-6-5-16(24(22(27)28)9-2-3-10-24)12-15(18)4-7-20(19)25(23)14-17(25)13-21(23)26/h5-6,12,17,19-21,26H,2-4,7-11,13-14H2,1H3,(H,27,28)/t17-,19-,20-,21+,23-,25+/m1/s1. The summed E-state index contributed by atoms with van der Waals surface area (Å²) >= 11 is 0. The Morgan fingerprint density at radius 3 is 2.68 bits per heavy atom. The maximum Gasteiger partial charge on any atom is 0.314 e. The summed E-state index contributed by atoms with van der Waals surface area (Å²) in [6.45, 7) is 2.37. The lowest BCUT2D eigenvalue weighted by molar-refractivity contribution is -0.143. The monoisotopic (exact) mass is 380 g/mol. The van der Waals surface area contributed by atoms with Crippen LogP contribution in [0, 0.1) is 22.7 Å². The highest BCUT2D eigenvalue weighted by Gasteiger charge is 2.76. The van der Waals surface area contributed by atoms with Gasteiger partial charge in [-0.15, -0.1) is 0 Å². The van der Waals surface area contributed by atoms with Gasteiger partial charge in [0.2, 0.25) is 0 Å². The lowest BCUT2D eigenvalue weighted by Gasteiger charge is -2.53. The lowest BCUT2D eigenvalue weighted by atomic mass is 9.52. The van der Waals surface area contributed by atoms with Crippen molar-refractivity contribution in [3.8, 4) is 0 Å². The molecule has 0 saturated heterocycles. The zero-order chi connectivity index (χ0) is 19.3. The Morgan fingerprint density at radius 1 is 1.14 bits per heavy atom. The van der Waals surface area contributed by atoms with E-state index in [1.54, 1.807) is 0 Å². The maximum absolute atomic E-state index is 12.1. The lowest BCUT2D eigenvalue weighted by Crippen LogP contribution is -2.47. The molecule has 0 amide bonds. The van der Waals surface area contributed by atoms with Crippen LogP contribution in [-0.4, -0.2) is 22.3 Å². The zero-order valence-electron chi connectivity index (χ0n) is 16.9. The van der Waals surface area contributed by atoms with E-state index in [1.807, 2.05) is 0 Å². The number of hydrogen-bond donors (Lipinski definition) is 2. The van der Waals surface area contributed by atoms with Gasteiger partial charge in [-0.25, -0.2) is 0 Å². The molecule has 5 aliphatic carbocycles. The van der Waals surface area contributed by atoms with E-state index >= 15 is 0 Å². The van der Waals surface area contributed by atoms with E-state index in [0.717, 1.165) is 56.4 Å². The molecular weight excluding hydrogens is 348 g/mol. The van der Waals surface area contributed by atoms with Crippen LogP contribution in [0.5, 0.6) is 0 Å². The smallest absolute Gasteiger partial charge is 0.314 e. The number of aliphatic carboxylic acids is 1. The predicted octanol–water partition coefficient (Wildman–Crippen LogP) is 4.80. The molecule has 4 fully saturated rings. The Hall–Kier alpha value is -1.35. The SMILES string of the molecule is C[C@]12CC[C@@H]3c4ccc(C5(C(=O)O)CCCC5)cc4CC[C@H]3[C@@]13C[C@H]3C[C@@H]2O. The molecule has 0 unspecified atom stereocenters. The molecule has 3 heteroatoms. The van der Waals surface area contributed by atoms with Gasteiger partial charge >= 0.3 is 5.97 Å². The Morgan fingerprint density at radius 2 is 1.93 bits per heavy atom. The summed E-state index contributed by atoms with van der Waals surface area (Å²) in [6, 6.07) is 6.72. The Balaban J connectivity index is 1.37. The van der Waals surface area contributed by atoms with Crippen molar-refractivity contribution >= 4 is 5.97 Å². The molecule has 0 aliphatic heterocycles. The third-order valence-electron chi connectivity index (χ3n) is 10.3. The minimum Gasteiger partial charge on any atom is -0.481 e. The Bertz CT molecular complexity index is 853. The van der Waals surface area contributed by atoms with Crippen LogP contribution < -0.4 is 0 Å². The van der Waals surface area contributed by atoms with Crippen LogP contribution in [0.2, 0.25) is 0 Å². The number of carboxylic acid groups (broad SMARTS) is 1. The van der Waals surface area contributed by atoms with Crippen LogP contribution in [-0.2, 0) is 16.6 Å². The quantitative estimate of drug-likeness (QED) is 0.775. The number of carboxylic acids is 1. The van der Waals surface area contributed by atoms with Crippen molar-refractivity contribution in [1.29, 1.82) is 0 Å². The predicted molar refractivity (Wildman–Crippen MR) is 107 cm³/mol. The minimum atomic E-state index is -0.646. The van der Waals surface area contributed by atoms with E-state index in [-0.39, 0.29) is 11.5 Å². The van der Waals surface area contributed by atoms with Crippen molar-refractivity contribution in [3.05, 3.63) is 34.9 Å². The van der Waals surface area contributed by atoms with Crippen LogP contribution in [0.25, 0.3) is 0 Å². The minimum absolute atomic E-state index is 0.103. The Labute approximate surface area is 167 Å². The van der Waals surface area contributed by atoms with Crippen LogP contribution in [0.15, 0.2) is 18.2 Å². The van der Waals surface area contributed by atoms with Crippen molar-refractivity contribution < 1.29 is 15.0 Å². The van der Waals surface area contributed by atoms with E-state index in [9.17, 15) is 15.0 Å². The molecule has 6 atom stereocenters. The molecule has 0 bridgehead atoms. The van der Waals surface area contributed by atoms with Gasteiger partial charge < -0.3 is 10.2 Å². The number of hydrogen-bond acceptors (Lipinski definition) is 2. The molecule has 1 aromatic carbocycles. The van der Waals surface area contributed by atoms with Gasteiger partial charge in [-0.2, -0.15) is 0 Å². The molecule has 1 aromatic rings. The first-order valence-electron chi connectivity index (χ1n) is 11.5. The van der Waals surface area contributed by atoms with Crippen molar-refractivity contribution in [3.63, 3.8) is 0 Å². The van der Waals surface area contributed by atoms with Crippen LogP contribution in [0.4, 0.5) is 0 Å². The highest BCUT2D eigenvalue weighted by atomic mass is 16.4. The number of benzene rings is 1. The first kappa shape index (κ1) is 17.5. The second-order valence-corrected chi connectivity index (χ2v) is 10.9. The molecule has 1 spiro atoms. The zero-order valence-corrected chi connectivity index (χ0v) is 16.9. The maximum atomic E-state index is 12.1. The molecule has 2 N–H and O–H groups in total. The fraction of sp³-hybridized carbons (Fsp3) is 0.720. The molecule has 0 radical (unpaired) electrons. The number of aliphatic hydroxyl groups excluding tert-OH is 1. The fourth-order valence-electron chi connectivity index (χ4n) is 8.70. The van der Waals surface area contributed by atoms with Gasteiger partial charge in [0.1, 0.15) is 0 Å².